The Bertz CT molecular complexity index is 369. The lowest BCUT2D eigenvalue weighted by Gasteiger charge is -2.60. The Kier molecular flexibility index (Phi) is 3.69. The van der Waals surface area contributed by atoms with Gasteiger partial charge in [0.1, 0.15) is 12.2 Å². The van der Waals surface area contributed by atoms with Crippen LogP contribution in [-0.4, -0.2) is 34.0 Å². The van der Waals surface area contributed by atoms with Crippen LogP contribution in [0.25, 0.3) is 0 Å². The maximum Gasteiger partial charge on any atom is 0.302 e. The van der Waals surface area contributed by atoms with Crippen molar-refractivity contribution >= 4 is 5.97 Å². The topological polar surface area (TPSA) is 66.8 Å². The zero-order valence-electron chi connectivity index (χ0n) is 12.3. The van der Waals surface area contributed by atoms with Gasteiger partial charge in [-0.05, 0) is 37.5 Å². The molecule has 0 aromatic rings. The number of aliphatic hydroxyl groups is 2. The molecule has 4 nitrogen and oxygen atoms in total. The zero-order chi connectivity index (χ0) is 14.4. The number of carbonyl (C=O) groups excluding carboxylic acids is 1. The molecule has 0 bridgehead atoms. The third-order valence-electron chi connectivity index (χ3n) is 5.94. The van der Waals surface area contributed by atoms with Gasteiger partial charge in [-0.15, -0.1) is 0 Å². The molecule has 0 heterocycles. The van der Waals surface area contributed by atoms with Gasteiger partial charge in [0, 0.05) is 12.3 Å². The lowest BCUT2D eigenvalue weighted by molar-refractivity contribution is -0.255. The van der Waals surface area contributed by atoms with Crippen molar-refractivity contribution in [1.82, 2.24) is 0 Å². The lowest BCUT2D eigenvalue weighted by Crippen LogP contribution is -2.67. The molecule has 0 aromatic heterocycles. The summed E-state index contributed by atoms with van der Waals surface area (Å²) in [6.07, 6.45) is 1.33. The molecule has 2 aliphatic rings. The van der Waals surface area contributed by atoms with Gasteiger partial charge in [-0.3, -0.25) is 4.79 Å². The van der Waals surface area contributed by atoms with E-state index < -0.39 is 23.8 Å². The highest BCUT2D eigenvalue weighted by Gasteiger charge is 2.62. The molecule has 0 unspecified atom stereocenters. The molecule has 4 heteroatoms. The molecule has 0 saturated heterocycles. The van der Waals surface area contributed by atoms with E-state index in [9.17, 15) is 15.0 Å². The molecule has 6 atom stereocenters. The zero-order valence-corrected chi connectivity index (χ0v) is 12.3. The second-order valence-electron chi connectivity index (χ2n) is 6.78. The fourth-order valence-electron chi connectivity index (χ4n) is 4.18. The Morgan fingerprint density at radius 2 is 1.89 bits per heavy atom. The van der Waals surface area contributed by atoms with E-state index in [1.807, 2.05) is 0 Å². The van der Waals surface area contributed by atoms with E-state index in [1.165, 1.54) is 6.92 Å². The highest BCUT2D eigenvalue weighted by molar-refractivity contribution is 5.66. The second-order valence-corrected chi connectivity index (χ2v) is 6.78. The van der Waals surface area contributed by atoms with Crippen LogP contribution in [0, 0.1) is 17.3 Å². The predicted octanol–water partition coefficient (Wildman–Crippen LogP) is 1.88. The normalized spacial score (nSPS) is 50.4. The molecular weight excluding hydrogens is 244 g/mol. The van der Waals surface area contributed by atoms with Crippen LogP contribution in [0.5, 0.6) is 0 Å². The SMILES string of the molecule is CC(=O)O[C@@H]1CC[C@]2(C)[C@H](C)[C@H](C)CC[C@]2(O)[C@H]1O. The molecule has 110 valence electrons. The predicted molar refractivity (Wildman–Crippen MR) is 71.4 cm³/mol. The quantitative estimate of drug-likeness (QED) is 0.714. The molecule has 0 amide bonds. The van der Waals surface area contributed by atoms with E-state index in [0.29, 0.717) is 24.7 Å². The summed E-state index contributed by atoms with van der Waals surface area (Å²) in [7, 11) is 0. The Balaban J connectivity index is 2.28. The number of hydrogen-bond acceptors (Lipinski definition) is 4. The number of hydrogen-bond donors (Lipinski definition) is 2. The monoisotopic (exact) mass is 270 g/mol. The van der Waals surface area contributed by atoms with Gasteiger partial charge < -0.3 is 14.9 Å². The van der Waals surface area contributed by atoms with Crippen LogP contribution < -0.4 is 0 Å². The van der Waals surface area contributed by atoms with E-state index in [0.717, 1.165) is 12.8 Å². The van der Waals surface area contributed by atoms with Crippen molar-refractivity contribution in [2.75, 3.05) is 0 Å². The summed E-state index contributed by atoms with van der Waals surface area (Å²) in [6.45, 7) is 7.78. The minimum absolute atomic E-state index is 0.305. The van der Waals surface area contributed by atoms with Gasteiger partial charge in [-0.2, -0.15) is 0 Å². The minimum Gasteiger partial charge on any atom is -0.460 e. The summed E-state index contributed by atoms with van der Waals surface area (Å²) >= 11 is 0. The summed E-state index contributed by atoms with van der Waals surface area (Å²) < 4.78 is 5.18. The number of carbonyl (C=O) groups is 1. The highest BCUT2D eigenvalue weighted by Crippen LogP contribution is 2.57. The van der Waals surface area contributed by atoms with Crippen molar-refractivity contribution in [1.29, 1.82) is 0 Å². The minimum atomic E-state index is -1.14. The first kappa shape index (κ1) is 14.8. The van der Waals surface area contributed by atoms with Crippen molar-refractivity contribution in [3.63, 3.8) is 0 Å². The van der Waals surface area contributed by atoms with Gasteiger partial charge in [-0.25, -0.2) is 0 Å². The number of ether oxygens (including phenoxy) is 1. The summed E-state index contributed by atoms with van der Waals surface area (Å²) in [5.74, 6) is 0.496. The van der Waals surface area contributed by atoms with Gasteiger partial charge in [0.15, 0.2) is 0 Å². The van der Waals surface area contributed by atoms with Gasteiger partial charge in [0.2, 0.25) is 0 Å². The summed E-state index contributed by atoms with van der Waals surface area (Å²) in [5, 5.41) is 21.6. The number of aliphatic hydroxyl groups excluding tert-OH is 1. The molecule has 0 aromatic carbocycles. The third-order valence-corrected chi connectivity index (χ3v) is 5.94. The average Bonchev–Trinajstić information content (AvgIpc) is 2.34. The highest BCUT2D eigenvalue weighted by atomic mass is 16.6. The van der Waals surface area contributed by atoms with Crippen LogP contribution in [0.3, 0.4) is 0 Å². The maximum atomic E-state index is 11.1. The maximum absolute atomic E-state index is 11.1. The number of fused-ring (bicyclic) bond motifs is 1. The van der Waals surface area contributed by atoms with Crippen LogP contribution >= 0.6 is 0 Å². The smallest absolute Gasteiger partial charge is 0.302 e. The summed E-state index contributed by atoms with van der Waals surface area (Å²) in [4.78, 5) is 11.1. The molecule has 19 heavy (non-hydrogen) atoms. The molecular formula is C15H26O4. The Labute approximate surface area is 115 Å². The van der Waals surface area contributed by atoms with Gasteiger partial charge in [0.05, 0.1) is 5.60 Å². The van der Waals surface area contributed by atoms with Crippen LogP contribution in [0.15, 0.2) is 0 Å². The largest absolute Gasteiger partial charge is 0.460 e. The molecule has 2 N–H and O–H groups in total. The van der Waals surface area contributed by atoms with Gasteiger partial charge in [0.25, 0.3) is 0 Å². The summed E-state index contributed by atoms with van der Waals surface area (Å²) in [6, 6.07) is 0. The molecule has 2 aliphatic carbocycles. The van der Waals surface area contributed by atoms with Crippen LogP contribution in [0.1, 0.15) is 53.4 Å². The molecule has 2 rings (SSSR count). The molecule has 0 aliphatic heterocycles. The Morgan fingerprint density at radius 1 is 1.26 bits per heavy atom. The van der Waals surface area contributed by atoms with E-state index in [-0.39, 0.29) is 5.41 Å². The fraction of sp³-hybridized carbons (Fsp3) is 0.933. The first-order valence-electron chi connectivity index (χ1n) is 7.30. The van der Waals surface area contributed by atoms with Crippen molar-refractivity contribution in [2.45, 2.75) is 71.2 Å². The molecule has 0 spiro atoms. The van der Waals surface area contributed by atoms with Crippen molar-refractivity contribution in [3.05, 3.63) is 0 Å². The van der Waals surface area contributed by atoms with Crippen LogP contribution in [-0.2, 0) is 9.53 Å². The number of esters is 1. The van der Waals surface area contributed by atoms with E-state index >= 15 is 0 Å². The van der Waals surface area contributed by atoms with Gasteiger partial charge >= 0.3 is 5.97 Å². The van der Waals surface area contributed by atoms with Crippen molar-refractivity contribution in [3.8, 4) is 0 Å². The van der Waals surface area contributed by atoms with Crippen molar-refractivity contribution < 1.29 is 19.7 Å². The molecule has 2 saturated carbocycles. The van der Waals surface area contributed by atoms with E-state index in [2.05, 4.69) is 20.8 Å². The van der Waals surface area contributed by atoms with Crippen LogP contribution in [0.4, 0.5) is 0 Å². The molecule has 0 radical (unpaired) electrons. The summed E-state index contributed by atoms with van der Waals surface area (Å²) in [5.41, 5.74) is -1.45. The second kappa shape index (κ2) is 4.74. The van der Waals surface area contributed by atoms with Gasteiger partial charge in [-0.1, -0.05) is 20.8 Å². The third kappa shape index (κ3) is 2.09. The lowest BCUT2D eigenvalue weighted by atomic mass is 9.49. The Hall–Kier alpha value is -0.610. The number of rotatable bonds is 1. The molecule has 2 fully saturated rings. The first-order valence-corrected chi connectivity index (χ1v) is 7.30. The standard InChI is InChI=1S/C15H26O4/c1-9-5-8-15(18)13(17)12(19-11(3)16)6-7-14(15,4)10(9)2/h9-10,12-13,17-18H,5-8H2,1-4H3/t9-,10-,12-,13+,14-,15+/m1/s1. The Morgan fingerprint density at radius 3 is 2.47 bits per heavy atom. The van der Waals surface area contributed by atoms with Crippen LogP contribution in [0.2, 0.25) is 0 Å². The fourth-order valence-corrected chi connectivity index (χ4v) is 4.18. The average molecular weight is 270 g/mol. The first-order chi connectivity index (χ1) is 8.72. The van der Waals surface area contributed by atoms with E-state index in [1.54, 1.807) is 0 Å². The van der Waals surface area contributed by atoms with Crippen molar-refractivity contribution in [2.24, 2.45) is 17.3 Å². The van der Waals surface area contributed by atoms with E-state index in [4.69, 9.17) is 4.74 Å².